The van der Waals surface area contributed by atoms with Gasteiger partial charge < -0.3 is 9.64 Å². The molecule has 1 saturated carbocycles. The number of fused-ring (bicyclic) bond motifs is 2. The van der Waals surface area contributed by atoms with E-state index in [1.165, 1.54) is 0 Å². The number of aryl methyl sites for hydroxylation is 1. The van der Waals surface area contributed by atoms with Gasteiger partial charge in [-0.05, 0) is 26.2 Å². The highest BCUT2D eigenvalue weighted by atomic mass is 16.5. The maximum atomic E-state index is 12.6. The normalized spacial score (nSPS) is 24.7. The van der Waals surface area contributed by atoms with Crippen molar-refractivity contribution >= 4 is 5.91 Å². The Morgan fingerprint density at radius 2 is 2.04 bits per heavy atom. The Morgan fingerprint density at radius 3 is 2.81 bits per heavy atom. The van der Waals surface area contributed by atoms with Gasteiger partial charge in [0.2, 0.25) is 5.91 Å². The number of hydrogen-bond donors (Lipinski definition) is 0. The van der Waals surface area contributed by atoms with Gasteiger partial charge in [0.05, 0.1) is 24.3 Å². The van der Waals surface area contributed by atoms with E-state index in [2.05, 4.69) is 0 Å². The van der Waals surface area contributed by atoms with Crippen molar-refractivity contribution in [2.45, 2.75) is 38.2 Å². The molecule has 5 nitrogen and oxygen atoms in total. The van der Waals surface area contributed by atoms with Crippen LogP contribution in [0.2, 0.25) is 0 Å². The van der Waals surface area contributed by atoms with Crippen LogP contribution in [0, 0.1) is 12.8 Å². The average molecular weight is 349 g/mol. The molecule has 0 unspecified atom stereocenters. The maximum absolute atomic E-state index is 12.6. The number of likely N-dealkylation sites (tertiary alicyclic amines) is 1. The largest absolute Gasteiger partial charge is 0.376 e. The zero-order valence-corrected chi connectivity index (χ0v) is 15.1. The first-order valence-electron chi connectivity index (χ1n) is 9.46. The summed E-state index contributed by atoms with van der Waals surface area (Å²) in [4.78, 5) is 24.3. The number of ether oxygens (including phenoxy) is 1. The fraction of sp³-hybridized carbons (Fsp3) is 0.476. The van der Waals surface area contributed by atoms with Crippen LogP contribution in [0.1, 0.15) is 36.2 Å². The highest BCUT2D eigenvalue weighted by Gasteiger charge is 2.48. The number of carbonyl (C=O) groups excluding carboxylic acids is 1. The molecule has 5 rings (SSSR count). The fourth-order valence-corrected chi connectivity index (χ4v) is 4.30. The summed E-state index contributed by atoms with van der Waals surface area (Å²) >= 11 is 0. The fourth-order valence-electron chi connectivity index (χ4n) is 4.30. The maximum Gasteiger partial charge on any atom is 0.225 e. The summed E-state index contributed by atoms with van der Waals surface area (Å²) < 4.78 is 5.95. The van der Waals surface area contributed by atoms with Crippen LogP contribution in [0.5, 0.6) is 0 Å². The topological polar surface area (TPSA) is 55.3 Å². The van der Waals surface area contributed by atoms with Crippen LogP contribution >= 0.6 is 0 Å². The van der Waals surface area contributed by atoms with Gasteiger partial charge in [0.25, 0.3) is 0 Å². The Bertz CT molecular complexity index is 863. The Kier molecular flexibility index (Phi) is 3.60. The Labute approximate surface area is 153 Å². The molecular weight excluding hydrogens is 326 g/mol. The summed E-state index contributed by atoms with van der Waals surface area (Å²) in [6.07, 6.45) is 3.02. The first kappa shape index (κ1) is 15.9. The number of hydrogen-bond acceptors (Lipinski definition) is 4. The molecule has 2 aromatic rings. The average Bonchev–Trinajstić information content (AvgIpc) is 3.44. The van der Waals surface area contributed by atoms with E-state index < -0.39 is 0 Å². The van der Waals surface area contributed by atoms with Gasteiger partial charge in [0.15, 0.2) is 5.82 Å². The predicted molar refractivity (Wildman–Crippen MR) is 97.5 cm³/mol. The minimum atomic E-state index is -0.185. The molecule has 3 aliphatic rings. The Morgan fingerprint density at radius 1 is 1.23 bits per heavy atom. The summed E-state index contributed by atoms with van der Waals surface area (Å²) in [6.45, 7) is 4.77. The van der Waals surface area contributed by atoms with Crippen LogP contribution in [-0.2, 0) is 21.6 Å². The number of benzene rings is 1. The summed E-state index contributed by atoms with van der Waals surface area (Å²) in [5, 5.41) is 0. The van der Waals surface area contributed by atoms with Gasteiger partial charge in [0.1, 0.15) is 0 Å². The van der Waals surface area contributed by atoms with Crippen molar-refractivity contribution in [3.8, 4) is 11.4 Å². The third-order valence-electron chi connectivity index (χ3n) is 5.97. The van der Waals surface area contributed by atoms with Gasteiger partial charge in [-0.1, -0.05) is 30.3 Å². The zero-order chi connectivity index (χ0) is 17.7. The lowest BCUT2D eigenvalue weighted by Crippen LogP contribution is -2.42. The third-order valence-corrected chi connectivity index (χ3v) is 5.97. The third kappa shape index (κ3) is 2.53. The SMILES string of the molecule is Cc1nc(-c2ccccc2)nc2c1COC[C@]21CCN(C(=O)C2CC2)C1. The van der Waals surface area contributed by atoms with E-state index in [4.69, 9.17) is 14.7 Å². The minimum Gasteiger partial charge on any atom is -0.376 e. The van der Waals surface area contributed by atoms with E-state index in [1.807, 2.05) is 42.2 Å². The molecule has 2 aliphatic heterocycles. The number of aromatic nitrogens is 2. The van der Waals surface area contributed by atoms with E-state index >= 15 is 0 Å². The van der Waals surface area contributed by atoms with Crippen molar-refractivity contribution in [1.82, 2.24) is 14.9 Å². The van der Waals surface area contributed by atoms with E-state index in [0.29, 0.717) is 19.1 Å². The summed E-state index contributed by atoms with van der Waals surface area (Å²) in [5.74, 6) is 1.36. The van der Waals surface area contributed by atoms with E-state index in [0.717, 1.165) is 60.7 Å². The van der Waals surface area contributed by atoms with Crippen LogP contribution in [0.4, 0.5) is 0 Å². The molecule has 0 radical (unpaired) electrons. The molecule has 5 heteroatoms. The molecule has 1 aromatic carbocycles. The summed E-state index contributed by atoms with van der Waals surface area (Å²) in [5.41, 5.74) is 4.04. The predicted octanol–water partition coefficient (Wildman–Crippen LogP) is 2.86. The van der Waals surface area contributed by atoms with E-state index in [1.54, 1.807) is 0 Å². The summed E-state index contributed by atoms with van der Waals surface area (Å²) in [7, 11) is 0. The molecule has 0 bridgehead atoms. The monoisotopic (exact) mass is 349 g/mol. The van der Waals surface area contributed by atoms with Gasteiger partial charge in [-0.15, -0.1) is 0 Å². The van der Waals surface area contributed by atoms with Crippen molar-refractivity contribution in [2.24, 2.45) is 5.92 Å². The lowest BCUT2D eigenvalue weighted by Gasteiger charge is -2.35. The van der Waals surface area contributed by atoms with Crippen molar-refractivity contribution in [1.29, 1.82) is 0 Å². The van der Waals surface area contributed by atoms with Gasteiger partial charge in [0, 0.05) is 35.8 Å². The number of amides is 1. The van der Waals surface area contributed by atoms with Crippen LogP contribution in [-0.4, -0.2) is 40.5 Å². The molecule has 1 aromatic heterocycles. The summed E-state index contributed by atoms with van der Waals surface area (Å²) in [6, 6.07) is 10.1. The van der Waals surface area contributed by atoms with Crippen LogP contribution in [0.3, 0.4) is 0 Å². The van der Waals surface area contributed by atoms with Gasteiger partial charge >= 0.3 is 0 Å². The van der Waals surface area contributed by atoms with E-state index in [9.17, 15) is 4.79 Å². The Hall–Kier alpha value is -2.27. The van der Waals surface area contributed by atoms with Crippen LogP contribution < -0.4 is 0 Å². The van der Waals surface area contributed by atoms with Crippen LogP contribution in [0.25, 0.3) is 11.4 Å². The van der Waals surface area contributed by atoms with Crippen molar-refractivity contribution in [3.05, 3.63) is 47.3 Å². The van der Waals surface area contributed by atoms with Gasteiger partial charge in [-0.25, -0.2) is 9.97 Å². The molecule has 1 amide bonds. The molecule has 134 valence electrons. The smallest absolute Gasteiger partial charge is 0.225 e. The van der Waals surface area contributed by atoms with Crippen LogP contribution in [0.15, 0.2) is 30.3 Å². The van der Waals surface area contributed by atoms with Crippen molar-refractivity contribution in [2.75, 3.05) is 19.7 Å². The van der Waals surface area contributed by atoms with Crippen molar-refractivity contribution in [3.63, 3.8) is 0 Å². The molecule has 1 saturated heterocycles. The second-order valence-electron chi connectivity index (χ2n) is 7.88. The molecule has 1 spiro atoms. The quantitative estimate of drug-likeness (QED) is 0.837. The lowest BCUT2D eigenvalue weighted by atomic mass is 9.80. The highest BCUT2D eigenvalue weighted by Crippen LogP contribution is 2.42. The van der Waals surface area contributed by atoms with Gasteiger partial charge in [-0.3, -0.25) is 4.79 Å². The molecular formula is C21H23N3O2. The van der Waals surface area contributed by atoms with E-state index in [-0.39, 0.29) is 11.3 Å². The molecule has 26 heavy (non-hydrogen) atoms. The zero-order valence-electron chi connectivity index (χ0n) is 15.1. The molecule has 2 fully saturated rings. The molecule has 1 atom stereocenters. The molecule has 1 aliphatic carbocycles. The minimum absolute atomic E-state index is 0.185. The highest BCUT2D eigenvalue weighted by molar-refractivity contribution is 5.81. The second kappa shape index (κ2) is 5.88. The first-order chi connectivity index (χ1) is 12.7. The van der Waals surface area contributed by atoms with Gasteiger partial charge in [-0.2, -0.15) is 0 Å². The number of nitrogens with zero attached hydrogens (tertiary/aromatic N) is 3. The Balaban J connectivity index is 1.55. The second-order valence-corrected chi connectivity index (χ2v) is 7.88. The van der Waals surface area contributed by atoms with Crippen molar-refractivity contribution < 1.29 is 9.53 Å². The standard InChI is InChI=1S/C21H23N3O2/c1-14-17-11-26-13-21(9-10-24(12-21)20(25)16-7-8-16)18(17)23-19(22-14)15-5-3-2-4-6-15/h2-6,16H,7-13H2,1H3/t21-/m1/s1. The number of carbonyl (C=O) groups is 1. The first-order valence-corrected chi connectivity index (χ1v) is 9.46. The lowest BCUT2D eigenvalue weighted by molar-refractivity contribution is -0.131. The number of rotatable bonds is 2. The molecule has 0 N–H and O–H groups in total. The molecule has 3 heterocycles.